The van der Waals surface area contributed by atoms with Crippen molar-refractivity contribution in [2.45, 2.75) is 19.1 Å². The van der Waals surface area contributed by atoms with Crippen molar-refractivity contribution in [1.29, 1.82) is 0 Å². The van der Waals surface area contributed by atoms with Crippen molar-refractivity contribution in [2.24, 2.45) is 0 Å². The number of morpholine rings is 1. The Labute approximate surface area is 113 Å². The molecule has 0 aliphatic carbocycles. The molecule has 0 bridgehead atoms. The molecule has 1 saturated heterocycles. The average molecular weight is 265 g/mol. The first-order chi connectivity index (χ1) is 8.75. The fourth-order valence-electron chi connectivity index (χ4n) is 1.90. The third kappa shape index (κ3) is 3.94. The molecule has 1 aromatic rings. The summed E-state index contributed by atoms with van der Waals surface area (Å²) in [4.78, 5) is 0. The molecule has 18 heavy (non-hydrogen) atoms. The molecule has 5 heteroatoms. The number of benzene rings is 1. The summed E-state index contributed by atoms with van der Waals surface area (Å²) >= 11 is 5.28. The summed E-state index contributed by atoms with van der Waals surface area (Å²) in [5, 5.41) is 10.3. The lowest BCUT2D eigenvalue weighted by Crippen LogP contribution is -2.51. The SMILES string of the molecule is CC(NC(=S)Nc1ccccc1)C1CNCCO1. The smallest absolute Gasteiger partial charge is 0.171 e. The third-order valence-electron chi connectivity index (χ3n) is 2.90. The average Bonchev–Trinajstić information content (AvgIpc) is 2.40. The molecule has 0 spiro atoms. The number of hydrogen-bond acceptors (Lipinski definition) is 3. The van der Waals surface area contributed by atoms with Crippen LogP contribution in [-0.4, -0.2) is 37.0 Å². The zero-order chi connectivity index (χ0) is 12.8. The Balaban J connectivity index is 1.79. The van der Waals surface area contributed by atoms with E-state index in [0.717, 1.165) is 25.4 Å². The molecule has 1 aliphatic rings. The molecule has 0 aromatic heterocycles. The fourth-order valence-corrected chi connectivity index (χ4v) is 2.20. The number of anilines is 1. The highest BCUT2D eigenvalue weighted by Crippen LogP contribution is 2.06. The molecule has 3 N–H and O–H groups in total. The highest BCUT2D eigenvalue weighted by atomic mass is 32.1. The molecular weight excluding hydrogens is 246 g/mol. The largest absolute Gasteiger partial charge is 0.373 e. The van der Waals surface area contributed by atoms with Crippen molar-refractivity contribution >= 4 is 23.0 Å². The zero-order valence-electron chi connectivity index (χ0n) is 10.5. The zero-order valence-corrected chi connectivity index (χ0v) is 11.3. The summed E-state index contributed by atoms with van der Waals surface area (Å²) in [6.07, 6.45) is 0.161. The van der Waals surface area contributed by atoms with Crippen LogP contribution in [0.4, 0.5) is 5.69 Å². The molecule has 2 atom stereocenters. The molecule has 0 amide bonds. The summed E-state index contributed by atoms with van der Waals surface area (Å²) in [6.45, 7) is 4.63. The van der Waals surface area contributed by atoms with Crippen molar-refractivity contribution < 1.29 is 4.74 Å². The van der Waals surface area contributed by atoms with Crippen molar-refractivity contribution in [2.75, 3.05) is 25.0 Å². The number of para-hydroxylation sites is 1. The molecule has 1 aromatic carbocycles. The van der Waals surface area contributed by atoms with Crippen LogP contribution in [0.3, 0.4) is 0 Å². The number of ether oxygens (including phenoxy) is 1. The van der Waals surface area contributed by atoms with Gasteiger partial charge in [0.25, 0.3) is 0 Å². The fraction of sp³-hybridized carbons (Fsp3) is 0.462. The minimum atomic E-state index is 0.161. The minimum absolute atomic E-state index is 0.161. The van der Waals surface area contributed by atoms with Gasteiger partial charge in [0.15, 0.2) is 5.11 Å². The van der Waals surface area contributed by atoms with E-state index in [2.05, 4.69) is 22.9 Å². The van der Waals surface area contributed by atoms with E-state index in [1.54, 1.807) is 0 Å². The normalized spacial score (nSPS) is 21.1. The van der Waals surface area contributed by atoms with E-state index in [4.69, 9.17) is 17.0 Å². The third-order valence-corrected chi connectivity index (χ3v) is 3.12. The highest BCUT2D eigenvalue weighted by molar-refractivity contribution is 7.80. The van der Waals surface area contributed by atoms with Gasteiger partial charge in [-0.05, 0) is 31.3 Å². The summed E-state index contributed by atoms with van der Waals surface area (Å²) in [5.74, 6) is 0. The lowest BCUT2D eigenvalue weighted by atomic mass is 10.1. The van der Waals surface area contributed by atoms with Crippen molar-refractivity contribution in [1.82, 2.24) is 10.6 Å². The second-order valence-electron chi connectivity index (χ2n) is 4.37. The second kappa shape index (κ2) is 6.68. The van der Waals surface area contributed by atoms with Crippen LogP contribution in [0.2, 0.25) is 0 Å². The topological polar surface area (TPSA) is 45.3 Å². The van der Waals surface area contributed by atoms with E-state index in [1.807, 2.05) is 30.3 Å². The number of rotatable bonds is 3. The Morgan fingerprint density at radius 1 is 1.44 bits per heavy atom. The van der Waals surface area contributed by atoms with Crippen LogP contribution in [0.5, 0.6) is 0 Å². The Hall–Kier alpha value is -1.17. The van der Waals surface area contributed by atoms with Crippen LogP contribution in [0.1, 0.15) is 6.92 Å². The van der Waals surface area contributed by atoms with E-state index in [0.29, 0.717) is 5.11 Å². The van der Waals surface area contributed by atoms with E-state index in [9.17, 15) is 0 Å². The molecule has 4 nitrogen and oxygen atoms in total. The van der Waals surface area contributed by atoms with Crippen molar-refractivity contribution in [3.8, 4) is 0 Å². The number of nitrogens with one attached hydrogen (secondary N) is 3. The Kier molecular flexibility index (Phi) is 4.92. The molecule has 2 unspecified atom stereocenters. The number of thiocarbonyl (C=S) groups is 1. The van der Waals surface area contributed by atoms with Crippen molar-refractivity contribution in [3.63, 3.8) is 0 Å². The van der Waals surface area contributed by atoms with Crippen LogP contribution >= 0.6 is 12.2 Å². The molecular formula is C13H19N3OS. The van der Waals surface area contributed by atoms with Crippen LogP contribution in [0.25, 0.3) is 0 Å². The van der Waals surface area contributed by atoms with Gasteiger partial charge in [0, 0.05) is 18.8 Å². The predicted octanol–water partition coefficient (Wildman–Crippen LogP) is 1.35. The Morgan fingerprint density at radius 2 is 2.22 bits per heavy atom. The van der Waals surface area contributed by atoms with Crippen LogP contribution in [0, 0.1) is 0 Å². The van der Waals surface area contributed by atoms with E-state index in [-0.39, 0.29) is 12.1 Å². The van der Waals surface area contributed by atoms with E-state index in [1.165, 1.54) is 0 Å². The predicted molar refractivity (Wildman–Crippen MR) is 77.9 cm³/mol. The quantitative estimate of drug-likeness (QED) is 0.720. The van der Waals surface area contributed by atoms with Gasteiger partial charge in [0.1, 0.15) is 0 Å². The lowest BCUT2D eigenvalue weighted by molar-refractivity contribution is 0.0124. The first-order valence-electron chi connectivity index (χ1n) is 6.20. The first-order valence-corrected chi connectivity index (χ1v) is 6.61. The van der Waals surface area contributed by atoms with E-state index >= 15 is 0 Å². The van der Waals surface area contributed by atoms with Gasteiger partial charge >= 0.3 is 0 Å². The summed E-state index contributed by atoms with van der Waals surface area (Å²) in [6, 6.07) is 10.1. The van der Waals surface area contributed by atoms with Gasteiger partial charge in [0.05, 0.1) is 18.8 Å². The number of hydrogen-bond donors (Lipinski definition) is 3. The maximum absolute atomic E-state index is 5.68. The van der Waals surface area contributed by atoms with Crippen LogP contribution < -0.4 is 16.0 Å². The van der Waals surface area contributed by atoms with Crippen LogP contribution in [0.15, 0.2) is 30.3 Å². The molecule has 98 valence electrons. The second-order valence-corrected chi connectivity index (χ2v) is 4.77. The molecule has 0 saturated carbocycles. The first kappa shape index (κ1) is 13.3. The van der Waals surface area contributed by atoms with Gasteiger partial charge in [-0.15, -0.1) is 0 Å². The lowest BCUT2D eigenvalue weighted by Gasteiger charge is -2.30. The van der Waals surface area contributed by atoms with Gasteiger partial charge in [-0.25, -0.2) is 0 Å². The molecule has 2 rings (SSSR count). The summed E-state index contributed by atoms with van der Waals surface area (Å²) < 4.78 is 5.68. The van der Waals surface area contributed by atoms with Gasteiger partial charge < -0.3 is 20.7 Å². The Bertz CT molecular complexity index is 379. The van der Waals surface area contributed by atoms with Gasteiger partial charge in [-0.2, -0.15) is 0 Å². The van der Waals surface area contributed by atoms with Gasteiger partial charge in [0.2, 0.25) is 0 Å². The van der Waals surface area contributed by atoms with E-state index < -0.39 is 0 Å². The summed E-state index contributed by atoms with van der Waals surface area (Å²) in [7, 11) is 0. The molecule has 1 heterocycles. The minimum Gasteiger partial charge on any atom is -0.373 e. The maximum Gasteiger partial charge on any atom is 0.171 e. The Morgan fingerprint density at radius 3 is 2.89 bits per heavy atom. The molecule has 1 fully saturated rings. The van der Waals surface area contributed by atoms with Gasteiger partial charge in [-0.1, -0.05) is 18.2 Å². The standard InChI is InChI=1S/C13H19N3OS/c1-10(12-9-14-7-8-17-12)15-13(18)16-11-5-3-2-4-6-11/h2-6,10,12,14H,7-9H2,1H3,(H2,15,16,18). The molecule has 0 radical (unpaired) electrons. The molecule has 1 aliphatic heterocycles. The highest BCUT2D eigenvalue weighted by Gasteiger charge is 2.20. The van der Waals surface area contributed by atoms with Gasteiger partial charge in [-0.3, -0.25) is 0 Å². The van der Waals surface area contributed by atoms with Crippen LogP contribution in [-0.2, 0) is 4.74 Å². The maximum atomic E-state index is 5.68. The van der Waals surface area contributed by atoms with Crippen molar-refractivity contribution in [3.05, 3.63) is 30.3 Å². The summed E-state index contributed by atoms with van der Waals surface area (Å²) in [5.41, 5.74) is 0.991. The monoisotopic (exact) mass is 265 g/mol.